The van der Waals surface area contributed by atoms with Crippen molar-refractivity contribution in [1.82, 2.24) is 10.2 Å². The third-order valence-corrected chi connectivity index (χ3v) is 4.99. The van der Waals surface area contributed by atoms with E-state index in [1.54, 1.807) is 24.3 Å². The van der Waals surface area contributed by atoms with Crippen LogP contribution in [-0.4, -0.2) is 42.4 Å². The van der Waals surface area contributed by atoms with Crippen molar-refractivity contribution in [2.75, 3.05) is 25.0 Å². The smallest absolute Gasteiger partial charge is 0.287 e. The van der Waals surface area contributed by atoms with Gasteiger partial charge in [-0.05, 0) is 44.0 Å². The van der Waals surface area contributed by atoms with Crippen LogP contribution in [-0.2, 0) is 4.79 Å². The minimum Gasteiger partial charge on any atom is -0.459 e. The van der Waals surface area contributed by atoms with Crippen LogP contribution < -0.4 is 10.6 Å². The van der Waals surface area contributed by atoms with Gasteiger partial charge in [0.2, 0.25) is 5.91 Å². The van der Waals surface area contributed by atoms with Crippen LogP contribution >= 0.6 is 11.6 Å². The minimum atomic E-state index is -0.156. The van der Waals surface area contributed by atoms with Crippen molar-refractivity contribution in [2.45, 2.75) is 32.2 Å². The molecule has 0 unspecified atom stereocenters. The number of carbonyl (C=O) groups excluding carboxylic acids is 2. The van der Waals surface area contributed by atoms with E-state index in [9.17, 15) is 9.59 Å². The van der Waals surface area contributed by atoms with Crippen LogP contribution in [0.1, 0.15) is 35.4 Å². The number of hydrogen-bond donors (Lipinski definition) is 2. The zero-order valence-electron chi connectivity index (χ0n) is 15.3. The normalized spacial score (nSPS) is 15.5. The van der Waals surface area contributed by atoms with E-state index in [0.29, 0.717) is 29.4 Å². The number of likely N-dealkylation sites (tertiary alicyclic amines) is 1. The summed E-state index contributed by atoms with van der Waals surface area (Å²) in [5.41, 5.74) is 1.55. The maximum atomic E-state index is 12.2. The number of anilines is 1. The fraction of sp³-hybridized carbons (Fsp3) is 0.400. The average molecular weight is 390 g/mol. The molecule has 0 spiro atoms. The molecular formula is C20H24ClN3O3. The van der Waals surface area contributed by atoms with Gasteiger partial charge in [-0.1, -0.05) is 17.7 Å². The van der Waals surface area contributed by atoms with E-state index in [2.05, 4.69) is 15.5 Å². The van der Waals surface area contributed by atoms with Crippen LogP contribution in [0.4, 0.5) is 5.69 Å². The Hall–Kier alpha value is -2.31. The lowest BCUT2D eigenvalue weighted by atomic mass is 10.0. The van der Waals surface area contributed by atoms with Crippen LogP contribution in [0.2, 0.25) is 5.02 Å². The van der Waals surface area contributed by atoms with Crippen LogP contribution in [0.15, 0.2) is 41.0 Å². The number of amides is 2. The Kier molecular flexibility index (Phi) is 6.53. The van der Waals surface area contributed by atoms with Crippen molar-refractivity contribution in [3.8, 4) is 0 Å². The highest BCUT2D eigenvalue weighted by Gasteiger charge is 2.23. The fourth-order valence-corrected chi connectivity index (χ4v) is 3.40. The highest BCUT2D eigenvalue weighted by atomic mass is 35.5. The Morgan fingerprint density at radius 3 is 2.70 bits per heavy atom. The van der Waals surface area contributed by atoms with Crippen molar-refractivity contribution in [2.24, 2.45) is 0 Å². The molecule has 0 aliphatic carbocycles. The lowest BCUT2D eigenvalue weighted by Crippen LogP contribution is -2.45. The second kappa shape index (κ2) is 9.06. The first-order valence-electron chi connectivity index (χ1n) is 9.14. The van der Waals surface area contributed by atoms with Gasteiger partial charge in [0.1, 0.15) is 0 Å². The number of aryl methyl sites for hydroxylation is 1. The second-order valence-electron chi connectivity index (χ2n) is 6.83. The average Bonchev–Trinajstić information content (AvgIpc) is 3.07. The van der Waals surface area contributed by atoms with Crippen molar-refractivity contribution in [3.63, 3.8) is 0 Å². The molecule has 3 rings (SSSR count). The molecular weight excluding hydrogens is 366 g/mol. The number of halogens is 1. The monoisotopic (exact) mass is 389 g/mol. The van der Waals surface area contributed by atoms with Crippen LogP contribution in [0, 0.1) is 6.92 Å². The van der Waals surface area contributed by atoms with Gasteiger partial charge in [0.05, 0.1) is 6.26 Å². The minimum absolute atomic E-state index is 0.0269. The summed E-state index contributed by atoms with van der Waals surface area (Å²) in [7, 11) is 0. The summed E-state index contributed by atoms with van der Waals surface area (Å²) in [6.07, 6.45) is 3.68. The fourth-order valence-electron chi connectivity index (χ4n) is 3.21. The number of nitrogens with one attached hydrogen (secondary N) is 2. The molecule has 7 heteroatoms. The van der Waals surface area contributed by atoms with Gasteiger partial charge in [-0.15, -0.1) is 0 Å². The first-order chi connectivity index (χ1) is 13.0. The largest absolute Gasteiger partial charge is 0.459 e. The summed E-state index contributed by atoms with van der Waals surface area (Å²) >= 11 is 5.92. The molecule has 2 N–H and O–H groups in total. The number of piperidine rings is 1. The van der Waals surface area contributed by atoms with Gasteiger partial charge in [-0.2, -0.15) is 0 Å². The van der Waals surface area contributed by atoms with Crippen molar-refractivity contribution in [1.29, 1.82) is 0 Å². The van der Waals surface area contributed by atoms with Crippen molar-refractivity contribution in [3.05, 3.63) is 52.9 Å². The SMILES string of the molecule is Cc1ccoc1C(=O)NC1CCN(CCC(=O)Nc2cccc(Cl)c2)CC1. The molecule has 0 saturated carbocycles. The molecule has 1 fully saturated rings. The highest BCUT2D eigenvalue weighted by molar-refractivity contribution is 6.30. The third kappa shape index (κ3) is 5.58. The van der Waals surface area contributed by atoms with Gasteiger partial charge in [-0.3, -0.25) is 9.59 Å². The quantitative estimate of drug-likeness (QED) is 0.793. The van der Waals surface area contributed by atoms with Gasteiger partial charge in [-0.25, -0.2) is 0 Å². The molecule has 1 aliphatic heterocycles. The summed E-state index contributed by atoms with van der Waals surface area (Å²) in [4.78, 5) is 26.5. The predicted octanol–water partition coefficient (Wildman–Crippen LogP) is 3.46. The molecule has 1 aliphatic rings. The zero-order valence-corrected chi connectivity index (χ0v) is 16.1. The molecule has 0 radical (unpaired) electrons. The second-order valence-corrected chi connectivity index (χ2v) is 7.27. The number of furan rings is 1. The topological polar surface area (TPSA) is 74.6 Å². The molecule has 144 valence electrons. The molecule has 27 heavy (non-hydrogen) atoms. The molecule has 0 atom stereocenters. The standard InChI is InChI=1S/C20H24ClN3O3/c1-14-8-12-27-19(14)20(26)23-16-5-9-24(10-6-16)11-7-18(25)22-17-4-2-3-15(21)13-17/h2-4,8,12-13,16H,5-7,9-11H2,1H3,(H,22,25)(H,23,26). The molecule has 1 aromatic carbocycles. The van der Waals surface area contributed by atoms with Gasteiger partial charge in [0.15, 0.2) is 5.76 Å². The summed E-state index contributed by atoms with van der Waals surface area (Å²) in [5, 5.41) is 6.49. The molecule has 1 saturated heterocycles. The lowest BCUT2D eigenvalue weighted by Gasteiger charge is -2.32. The highest BCUT2D eigenvalue weighted by Crippen LogP contribution is 2.16. The van der Waals surface area contributed by atoms with Crippen LogP contribution in [0.5, 0.6) is 0 Å². The molecule has 0 bridgehead atoms. The van der Waals surface area contributed by atoms with E-state index in [-0.39, 0.29) is 17.9 Å². The summed E-state index contributed by atoms with van der Waals surface area (Å²) in [6.45, 7) is 4.26. The van der Waals surface area contributed by atoms with E-state index >= 15 is 0 Å². The van der Waals surface area contributed by atoms with Crippen molar-refractivity contribution >= 4 is 29.1 Å². The Balaban J connectivity index is 1.37. The first kappa shape index (κ1) is 19.5. The lowest BCUT2D eigenvalue weighted by molar-refractivity contribution is -0.116. The maximum absolute atomic E-state index is 12.2. The zero-order chi connectivity index (χ0) is 19.2. The van der Waals surface area contributed by atoms with Crippen LogP contribution in [0.25, 0.3) is 0 Å². The Morgan fingerprint density at radius 1 is 1.26 bits per heavy atom. The molecule has 6 nitrogen and oxygen atoms in total. The number of hydrogen-bond acceptors (Lipinski definition) is 4. The Labute approximate surface area is 163 Å². The number of nitrogens with zero attached hydrogens (tertiary/aromatic N) is 1. The van der Waals surface area contributed by atoms with E-state index in [4.69, 9.17) is 16.0 Å². The molecule has 2 heterocycles. The van der Waals surface area contributed by atoms with Gasteiger partial charge in [0, 0.05) is 48.4 Å². The van der Waals surface area contributed by atoms with Crippen molar-refractivity contribution < 1.29 is 14.0 Å². The van der Waals surface area contributed by atoms with Gasteiger partial charge in [0.25, 0.3) is 5.91 Å². The molecule has 2 aromatic rings. The Morgan fingerprint density at radius 2 is 2.04 bits per heavy atom. The van der Waals surface area contributed by atoms with E-state index in [0.717, 1.165) is 31.5 Å². The molecule has 2 amide bonds. The maximum Gasteiger partial charge on any atom is 0.287 e. The van der Waals surface area contributed by atoms with Gasteiger partial charge >= 0.3 is 0 Å². The summed E-state index contributed by atoms with van der Waals surface area (Å²) in [5.74, 6) is 0.202. The predicted molar refractivity (Wildman–Crippen MR) is 105 cm³/mol. The Bertz CT molecular complexity index is 797. The van der Waals surface area contributed by atoms with Gasteiger partial charge < -0.3 is 20.0 Å². The van der Waals surface area contributed by atoms with Crippen LogP contribution in [0.3, 0.4) is 0 Å². The molecule has 1 aromatic heterocycles. The summed E-state index contributed by atoms with van der Waals surface area (Å²) < 4.78 is 5.23. The third-order valence-electron chi connectivity index (χ3n) is 4.75. The number of rotatable bonds is 6. The van der Waals surface area contributed by atoms with E-state index in [1.807, 2.05) is 13.0 Å². The van der Waals surface area contributed by atoms with E-state index < -0.39 is 0 Å². The first-order valence-corrected chi connectivity index (χ1v) is 9.52. The summed E-state index contributed by atoms with van der Waals surface area (Å²) in [6, 6.07) is 9.05. The number of benzene rings is 1. The number of carbonyl (C=O) groups is 2. The van der Waals surface area contributed by atoms with E-state index in [1.165, 1.54) is 6.26 Å².